The molecule has 0 heterocycles. The average molecular weight is 187 g/mol. The van der Waals surface area contributed by atoms with E-state index >= 15 is 0 Å². The van der Waals surface area contributed by atoms with E-state index in [2.05, 4.69) is 0 Å². The highest BCUT2D eigenvalue weighted by Gasteiger charge is 1.95. The van der Waals surface area contributed by atoms with Crippen LogP contribution in [0.4, 0.5) is 0 Å². The van der Waals surface area contributed by atoms with E-state index in [0.29, 0.717) is 0 Å². The maximum absolute atomic E-state index is 10.5. The topological polar surface area (TPSA) is 34.1 Å². The summed E-state index contributed by atoms with van der Waals surface area (Å²) >= 11 is 9.97. The summed E-state index contributed by atoms with van der Waals surface area (Å²) in [5.74, 6) is 0. The van der Waals surface area contributed by atoms with E-state index < -0.39 is 9.84 Å². The van der Waals surface area contributed by atoms with Crippen molar-refractivity contribution in [1.82, 2.24) is 0 Å². The Hall–Kier alpha value is 0.01000. The third-order valence-electron chi connectivity index (χ3n) is 0.482. The van der Waals surface area contributed by atoms with Crippen LogP contribution in [0.2, 0.25) is 0 Å². The third-order valence-corrected chi connectivity index (χ3v) is 2.06. The van der Waals surface area contributed by atoms with Crippen molar-refractivity contribution in [2.24, 2.45) is 0 Å². The molecule has 0 aliphatic rings. The maximum Gasteiger partial charge on any atom is 0.194 e. The number of sulfone groups is 1. The summed E-state index contributed by atoms with van der Waals surface area (Å²) in [7, 11) is -3.31. The highest BCUT2D eigenvalue weighted by molar-refractivity contribution is 7.97. The van der Waals surface area contributed by atoms with E-state index in [-0.39, 0.29) is 0 Å². The smallest absolute Gasteiger partial charge is 0.194 e. The van der Waals surface area contributed by atoms with E-state index in [1.807, 2.05) is 0 Å². The monoisotopic (exact) mass is 186 g/mol. The van der Waals surface area contributed by atoms with Gasteiger partial charge in [0.25, 0.3) is 0 Å². The van der Waals surface area contributed by atoms with Crippen molar-refractivity contribution in [3.63, 3.8) is 0 Å². The fourth-order valence-electron chi connectivity index (χ4n) is 0.189. The molecule has 0 saturated heterocycles. The molecule has 0 saturated carbocycles. The van der Waals surface area contributed by atoms with Crippen LogP contribution in [0.5, 0.6) is 0 Å². The van der Waals surface area contributed by atoms with Crippen LogP contribution in [0.15, 0.2) is 21.9 Å². The lowest BCUT2D eigenvalue weighted by molar-refractivity contribution is 0.612. The minimum Gasteiger partial charge on any atom is -0.220 e. The number of hydrogen-bond acceptors (Lipinski definition) is 2. The van der Waals surface area contributed by atoms with E-state index in [1.165, 1.54) is 0 Å². The van der Waals surface area contributed by atoms with Gasteiger partial charge in [0.05, 0.1) is 0 Å². The molecule has 52 valence electrons. The second kappa shape index (κ2) is 3.93. The predicted octanol–water partition coefficient (Wildman–Crippen LogP) is 1.82. The minimum absolute atomic E-state index is 0.841. The average Bonchev–Trinajstić information content (AvgIpc) is 1.64. The summed E-state index contributed by atoms with van der Waals surface area (Å²) in [6.07, 6.45) is 0. The van der Waals surface area contributed by atoms with Crippen molar-refractivity contribution in [2.75, 3.05) is 0 Å². The molecule has 0 spiro atoms. The fraction of sp³-hybridized carbons (Fsp3) is 0. The molecule has 0 amide bonds. The molecule has 2 nitrogen and oxygen atoms in total. The molecule has 0 aromatic carbocycles. The first kappa shape index (κ1) is 9.01. The van der Waals surface area contributed by atoms with E-state index in [1.54, 1.807) is 0 Å². The molecule has 0 unspecified atom stereocenters. The molecular weight excluding hydrogens is 183 g/mol. The zero-order chi connectivity index (χ0) is 7.33. The van der Waals surface area contributed by atoms with Gasteiger partial charge < -0.3 is 0 Å². The van der Waals surface area contributed by atoms with Gasteiger partial charge in [0.15, 0.2) is 9.84 Å². The molecule has 0 atom stereocenters. The zero-order valence-corrected chi connectivity index (χ0v) is 6.62. The molecule has 5 heteroatoms. The van der Waals surface area contributed by atoms with Crippen LogP contribution in [0.3, 0.4) is 0 Å². The van der Waals surface area contributed by atoms with Crippen molar-refractivity contribution in [3.8, 4) is 0 Å². The first-order valence-electron chi connectivity index (χ1n) is 1.91. The lowest BCUT2D eigenvalue weighted by atomic mass is 11.2. The van der Waals surface area contributed by atoms with Gasteiger partial charge in [0.2, 0.25) is 0 Å². The summed E-state index contributed by atoms with van der Waals surface area (Å²) < 4.78 is 21.0. The Morgan fingerprint density at radius 1 is 1.00 bits per heavy atom. The third kappa shape index (κ3) is 4.51. The zero-order valence-electron chi connectivity index (χ0n) is 4.29. The van der Waals surface area contributed by atoms with Crippen molar-refractivity contribution in [1.29, 1.82) is 0 Å². The van der Waals surface area contributed by atoms with E-state index in [0.717, 1.165) is 21.9 Å². The van der Waals surface area contributed by atoms with Crippen molar-refractivity contribution in [3.05, 3.63) is 21.9 Å². The van der Waals surface area contributed by atoms with Crippen molar-refractivity contribution in [2.45, 2.75) is 0 Å². The Kier molecular flexibility index (Phi) is 3.93. The summed E-state index contributed by atoms with van der Waals surface area (Å²) in [5.41, 5.74) is 1.82. The highest BCUT2D eigenvalue weighted by Crippen LogP contribution is 1.96. The Labute approximate surface area is 63.7 Å². The second-order valence-corrected chi connectivity index (χ2v) is 3.34. The summed E-state index contributed by atoms with van der Waals surface area (Å²) in [6, 6.07) is 0. The predicted molar refractivity (Wildman–Crippen MR) is 38.9 cm³/mol. The van der Waals surface area contributed by atoms with Crippen molar-refractivity contribution < 1.29 is 8.42 Å². The molecule has 0 N–H and O–H groups in total. The standard InChI is InChI=1S/C4H4Cl2O2S/c5-1-3-9(7,8)4-2-6/h1-4H/b3-1+,4-2+. The molecule has 9 heavy (non-hydrogen) atoms. The van der Waals surface area contributed by atoms with Gasteiger partial charge in [-0.15, -0.1) is 0 Å². The van der Waals surface area contributed by atoms with Gasteiger partial charge in [-0.2, -0.15) is 0 Å². The summed E-state index contributed by atoms with van der Waals surface area (Å²) in [5, 5.41) is 1.68. The molecule has 0 fully saturated rings. The summed E-state index contributed by atoms with van der Waals surface area (Å²) in [4.78, 5) is 0. The molecular formula is C4H4Cl2O2S. The molecule has 0 radical (unpaired) electrons. The van der Waals surface area contributed by atoms with E-state index in [9.17, 15) is 8.42 Å². The molecule has 0 aromatic rings. The molecule has 0 aliphatic carbocycles. The lowest BCUT2D eigenvalue weighted by Crippen LogP contribution is -1.85. The Morgan fingerprint density at radius 3 is 1.56 bits per heavy atom. The van der Waals surface area contributed by atoms with Crippen LogP contribution in [0.1, 0.15) is 0 Å². The van der Waals surface area contributed by atoms with Crippen LogP contribution in [0, 0.1) is 0 Å². The summed E-state index contributed by atoms with van der Waals surface area (Å²) in [6.45, 7) is 0. The van der Waals surface area contributed by atoms with Gasteiger partial charge in [0, 0.05) is 21.9 Å². The fourth-order valence-corrected chi connectivity index (χ4v) is 1.43. The Bertz CT molecular complexity index is 197. The molecule has 0 rings (SSSR count). The Balaban J connectivity index is 4.42. The molecule has 0 aromatic heterocycles. The van der Waals surface area contributed by atoms with E-state index in [4.69, 9.17) is 23.2 Å². The number of rotatable bonds is 2. The maximum atomic E-state index is 10.5. The SMILES string of the molecule is O=S(=O)(/C=C/Cl)/C=C/Cl. The second-order valence-electron chi connectivity index (χ2n) is 1.11. The van der Waals surface area contributed by atoms with Crippen LogP contribution in [-0.4, -0.2) is 8.42 Å². The highest BCUT2D eigenvalue weighted by atomic mass is 35.5. The van der Waals surface area contributed by atoms with Crippen LogP contribution in [0.25, 0.3) is 0 Å². The normalized spacial score (nSPS) is 13.6. The van der Waals surface area contributed by atoms with Gasteiger partial charge in [-0.1, -0.05) is 23.2 Å². The number of hydrogen-bond donors (Lipinski definition) is 0. The van der Waals surface area contributed by atoms with Gasteiger partial charge >= 0.3 is 0 Å². The van der Waals surface area contributed by atoms with Crippen LogP contribution in [-0.2, 0) is 9.84 Å². The minimum atomic E-state index is -3.31. The van der Waals surface area contributed by atoms with Gasteiger partial charge in [-0.3, -0.25) is 0 Å². The van der Waals surface area contributed by atoms with Crippen LogP contribution >= 0.6 is 23.2 Å². The van der Waals surface area contributed by atoms with Gasteiger partial charge in [-0.05, 0) is 0 Å². The Morgan fingerprint density at radius 2 is 1.33 bits per heavy atom. The van der Waals surface area contributed by atoms with Crippen LogP contribution < -0.4 is 0 Å². The first-order valence-corrected chi connectivity index (χ1v) is 4.39. The van der Waals surface area contributed by atoms with Gasteiger partial charge in [-0.25, -0.2) is 8.42 Å². The van der Waals surface area contributed by atoms with Crippen molar-refractivity contribution >= 4 is 33.0 Å². The lowest BCUT2D eigenvalue weighted by Gasteiger charge is -1.81. The molecule has 0 aliphatic heterocycles. The molecule has 0 bridgehead atoms. The van der Waals surface area contributed by atoms with Gasteiger partial charge in [0.1, 0.15) is 0 Å². The largest absolute Gasteiger partial charge is 0.220 e. The first-order chi connectivity index (χ1) is 4.12. The quantitative estimate of drug-likeness (QED) is 0.660. The number of halogens is 2.